The maximum atomic E-state index is 12.7. The van der Waals surface area contributed by atoms with Crippen LogP contribution >= 0.6 is 31.9 Å². The Morgan fingerprint density at radius 1 is 1.10 bits per heavy atom. The number of halogens is 2. The lowest BCUT2D eigenvalue weighted by Crippen LogP contribution is -2.37. The van der Waals surface area contributed by atoms with Crippen LogP contribution in [0.15, 0.2) is 24.5 Å². The molecule has 4 rings (SSSR count). The van der Waals surface area contributed by atoms with Crippen LogP contribution in [0.5, 0.6) is 0 Å². The third-order valence-corrected chi connectivity index (χ3v) is 8.10. The molecule has 0 spiro atoms. The van der Waals surface area contributed by atoms with Crippen molar-refractivity contribution in [2.75, 3.05) is 4.90 Å². The molecule has 1 aliphatic heterocycles. The summed E-state index contributed by atoms with van der Waals surface area (Å²) < 4.78 is 0. The number of hydrogen-bond donors (Lipinski definition) is 0. The number of amides is 2. The molecule has 0 aromatic carbocycles. The minimum absolute atomic E-state index is 0.0515. The van der Waals surface area contributed by atoms with Gasteiger partial charge in [-0.25, -0.2) is 4.90 Å². The molecule has 3 aliphatic rings. The number of carbonyl (C=O) groups is 2. The van der Waals surface area contributed by atoms with Crippen molar-refractivity contribution in [1.29, 1.82) is 0 Å². The van der Waals surface area contributed by atoms with Crippen molar-refractivity contribution in [2.24, 2.45) is 23.7 Å². The highest BCUT2D eigenvalue weighted by atomic mass is 79.9. The summed E-state index contributed by atoms with van der Waals surface area (Å²) in [7, 11) is 0. The zero-order valence-electron chi connectivity index (χ0n) is 10.4. The van der Waals surface area contributed by atoms with Gasteiger partial charge in [-0.1, -0.05) is 31.9 Å². The van der Waals surface area contributed by atoms with Gasteiger partial charge in [0.2, 0.25) is 11.8 Å². The van der Waals surface area contributed by atoms with Crippen molar-refractivity contribution >= 4 is 49.4 Å². The lowest BCUT2D eigenvalue weighted by atomic mass is 9.81. The second kappa shape index (κ2) is 4.37. The first-order valence-electron chi connectivity index (χ1n) is 6.67. The molecular formula is C14H12Br2N2O2. The molecule has 2 heterocycles. The third kappa shape index (κ3) is 1.49. The molecule has 0 unspecified atom stereocenters. The van der Waals surface area contributed by atoms with Crippen LogP contribution in [-0.4, -0.2) is 26.5 Å². The molecule has 6 heteroatoms. The van der Waals surface area contributed by atoms with Gasteiger partial charge in [0.05, 0.1) is 23.7 Å². The van der Waals surface area contributed by atoms with Gasteiger partial charge in [-0.3, -0.25) is 14.6 Å². The van der Waals surface area contributed by atoms with Crippen molar-refractivity contribution in [1.82, 2.24) is 4.98 Å². The van der Waals surface area contributed by atoms with Crippen LogP contribution in [0.4, 0.5) is 5.69 Å². The first kappa shape index (κ1) is 13.0. The highest BCUT2D eigenvalue weighted by molar-refractivity contribution is 9.12. The summed E-state index contributed by atoms with van der Waals surface area (Å²) in [5, 5.41) is 0. The molecule has 104 valence electrons. The van der Waals surface area contributed by atoms with Crippen molar-refractivity contribution in [3.8, 4) is 0 Å². The third-order valence-electron chi connectivity index (χ3n) is 4.89. The van der Waals surface area contributed by atoms with Crippen LogP contribution in [0.2, 0.25) is 0 Å². The standard InChI is InChI=1S/C14H12Br2N2O2/c15-11-7-4-8(12(11)16)10-9(7)13(19)18(14(10)20)6-2-1-3-17-5-6/h1-3,5,7-12H,4H2/t7-,8-,9-,10+,11-,12+/m0/s1. The Morgan fingerprint density at radius 2 is 1.70 bits per heavy atom. The number of alkyl halides is 2. The van der Waals surface area contributed by atoms with E-state index in [9.17, 15) is 9.59 Å². The summed E-state index contributed by atoms with van der Waals surface area (Å²) in [5.74, 6) is 0.0884. The fourth-order valence-electron chi connectivity index (χ4n) is 4.09. The number of pyridine rings is 1. The minimum atomic E-state index is -0.161. The first-order valence-corrected chi connectivity index (χ1v) is 8.50. The largest absolute Gasteiger partial charge is 0.274 e. The Bertz CT molecular complexity index is 562. The second-order valence-corrected chi connectivity index (χ2v) is 7.84. The number of nitrogens with zero attached hydrogens (tertiary/aromatic N) is 2. The van der Waals surface area contributed by atoms with Gasteiger partial charge in [0.1, 0.15) is 0 Å². The zero-order chi connectivity index (χ0) is 14.0. The fourth-order valence-corrected chi connectivity index (χ4v) is 5.96. The van der Waals surface area contributed by atoms with E-state index in [0.717, 1.165) is 6.42 Å². The lowest BCUT2D eigenvalue weighted by molar-refractivity contribution is -0.123. The topological polar surface area (TPSA) is 50.3 Å². The molecule has 3 fully saturated rings. The summed E-state index contributed by atoms with van der Waals surface area (Å²) in [6.07, 6.45) is 4.18. The normalized spacial score (nSPS) is 42.4. The summed E-state index contributed by atoms with van der Waals surface area (Å²) >= 11 is 7.36. The summed E-state index contributed by atoms with van der Waals surface area (Å²) in [6.45, 7) is 0. The predicted molar refractivity (Wildman–Crippen MR) is 80.7 cm³/mol. The highest BCUT2D eigenvalue weighted by Crippen LogP contribution is 2.60. The molecule has 1 aromatic heterocycles. The SMILES string of the molecule is O=C1[C@@H]2[C@@H]3C[C@H]([C@H](Br)[C@@H]3Br)[C@@H]2C(=O)N1c1cccnc1. The molecular weight excluding hydrogens is 388 g/mol. The van der Waals surface area contributed by atoms with Crippen molar-refractivity contribution in [3.05, 3.63) is 24.5 Å². The summed E-state index contributed by atoms with van der Waals surface area (Å²) in [5.41, 5.74) is 0.591. The molecule has 2 bridgehead atoms. The smallest absolute Gasteiger partial charge is 0.238 e. The number of rotatable bonds is 1. The Hall–Kier alpha value is -0.750. The molecule has 4 nitrogen and oxygen atoms in total. The molecule has 20 heavy (non-hydrogen) atoms. The van der Waals surface area contributed by atoms with E-state index in [2.05, 4.69) is 36.8 Å². The van der Waals surface area contributed by atoms with E-state index in [1.54, 1.807) is 24.5 Å². The van der Waals surface area contributed by atoms with Crippen LogP contribution in [0.25, 0.3) is 0 Å². The van der Waals surface area contributed by atoms with Gasteiger partial charge in [0.15, 0.2) is 0 Å². The van der Waals surface area contributed by atoms with E-state index >= 15 is 0 Å². The van der Waals surface area contributed by atoms with Gasteiger partial charge < -0.3 is 0 Å². The Balaban J connectivity index is 1.75. The molecule has 0 radical (unpaired) electrons. The van der Waals surface area contributed by atoms with E-state index in [1.807, 2.05) is 0 Å². The van der Waals surface area contributed by atoms with E-state index in [0.29, 0.717) is 5.69 Å². The van der Waals surface area contributed by atoms with E-state index < -0.39 is 0 Å². The Labute approximate surface area is 133 Å². The Kier molecular flexibility index (Phi) is 2.83. The molecule has 6 atom stereocenters. The molecule has 2 amide bonds. The maximum Gasteiger partial charge on any atom is 0.238 e. The van der Waals surface area contributed by atoms with Crippen molar-refractivity contribution < 1.29 is 9.59 Å². The number of hydrogen-bond acceptors (Lipinski definition) is 3. The average Bonchev–Trinajstić information content (AvgIpc) is 3.05. The highest BCUT2D eigenvalue weighted by Gasteiger charge is 2.66. The predicted octanol–water partition coefficient (Wildman–Crippen LogP) is 2.36. The average molecular weight is 400 g/mol. The second-order valence-electron chi connectivity index (χ2n) is 5.73. The van der Waals surface area contributed by atoms with Gasteiger partial charge in [-0.2, -0.15) is 0 Å². The molecule has 1 aromatic rings. The minimum Gasteiger partial charge on any atom is -0.274 e. The van der Waals surface area contributed by atoms with Crippen LogP contribution in [0.1, 0.15) is 6.42 Å². The first-order chi connectivity index (χ1) is 9.61. The fraction of sp³-hybridized carbons (Fsp3) is 0.500. The number of anilines is 1. The molecule has 1 saturated heterocycles. The number of carbonyl (C=O) groups excluding carboxylic acids is 2. The van der Waals surface area contributed by atoms with Gasteiger partial charge in [0.25, 0.3) is 0 Å². The molecule has 2 aliphatic carbocycles. The van der Waals surface area contributed by atoms with Crippen LogP contribution < -0.4 is 4.90 Å². The maximum absolute atomic E-state index is 12.7. The number of fused-ring (bicyclic) bond motifs is 5. The number of aromatic nitrogens is 1. The van der Waals surface area contributed by atoms with Crippen LogP contribution in [0, 0.1) is 23.7 Å². The molecule has 2 saturated carbocycles. The van der Waals surface area contributed by atoms with Crippen LogP contribution in [-0.2, 0) is 9.59 Å². The quantitative estimate of drug-likeness (QED) is 0.538. The summed E-state index contributed by atoms with van der Waals surface area (Å²) in [4.78, 5) is 31.3. The van der Waals surface area contributed by atoms with Crippen molar-refractivity contribution in [3.63, 3.8) is 0 Å². The monoisotopic (exact) mass is 398 g/mol. The van der Waals surface area contributed by atoms with E-state index in [4.69, 9.17) is 0 Å². The van der Waals surface area contributed by atoms with E-state index in [1.165, 1.54) is 4.90 Å². The van der Waals surface area contributed by atoms with Crippen LogP contribution in [0.3, 0.4) is 0 Å². The van der Waals surface area contributed by atoms with Gasteiger partial charge in [-0.05, 0) is 30.4 Å². The van der Waals surface area contributed by atoms with Gasteiger partial charge in [-0.15, -0.1) is 0 Å². The summed E-state index contributed by atoms with van der Waals surface area (Å²) in [6, 6.07) is 3.52. The Morgan fingerprint density at radius 3 is 2.20 bits per heavy atom. The molecule has 0 N–H and O–H groups in total. The number of imide groups is 1. The van der Waals surface area contributed by atoms with Gasteiger partial charge >= 0.3 is 0 Å². The van der Waals surface area contributed by atoms with Crippen molar-refractivity contribution in [2.45, 2.75) is 16.1 Å². The zero-order valence-corrected chi connectivity index (χ0v) is 13.6. The lowest BCUT2D eigenvalue weighted by Gasteiger charge is -2.28. The van der Waals surface area contributed by atoms with E-state index in [-0.39, 0.29) is 45.1 Å². The van der Waals surface area contributed by atoms with Gasteiger partial charge in [0, 0.05) is 15.9 Å².